The van der Waals surface area contributed by atoms with E-state index in [0.29, 0.717) is 0 Å². The third-order valence-electron chi connectivity index (χ3n) is 1.73. The molecule has 0 spiro atoms. The maximum absolute atomic E-state index is 2.26. The summed E-state index contributed by atoms with van der Waals surface area (Å²) in [6, 6.07) is 0. The van der Waals surface area contributed by atoms with Crippen LogP contribution in [0.25, 0.3) is 0 Å². The lowest BCUT2D eigenvalue weighted by molar-refractivity contribution is 0.477. The summed E-state index contributed by atoms with van der Waals surface area (Å²) in [6.07, 6.45) is 5.31. The lowest BCUT2D eigenvalue weighted by Crippen LogP contribution is -1.91. The molecule has 0 aromatic carbocycles. The van der Waals surface area contributed by atoms with Crippen LogP contribution in [0.5, 0.6) is 0 Å². The van der Waals surface area contributed by atoms with Crippen LogP contribution in [-0.4, -0.2) is 0 Å². The zero-order valence-corrected chi connectivity index (χ0v) is 10.4. The summed E-state index contributed by atoms with van der Waals surface area (Å²) < 4.78 is 0. The van der Waals surface area contributed by atoms with E-state index in [-0.39, 0.29) is 0 Å². The van der Waals surface area contributed by atoms with Crippen LogP contribution in [0.4, 0.5) is 0 Å². The molecule has 0 heterocycles. The molecule has 0 heteroatoms. The third-order valence-corrected chi connectivity index (χ3v) is 1.73. The Morgan fingerprint density at radius 2 is 0.833 bits per heavy atom. The van der Waals surface area contributed by atoms with Gasteiger partial charge in [-0.25, -0.2) is 0 Å². The summed E-state index contributed by atoms with van der Waals surface area (Å²) in [5.74, 6) is 0.986. The van der Waals surface area contributed by atoms with Gasteiger partial charge in [0.05, 0.1) is 0 Å². The Morgan fingerprint density at radius 3 is 0.833 bits per heavy atom. The van der Waals surface area contributed by atoms with Gasteiger partial charge in [0.15, 0.2) is 0 Å². The van der Waals surface area contributed by atoms with Gasteiger partial charge in [0.2, 0.25) is 0 Å². The van der Waals surface area contributed by atoms with Crippen molar-refractivity contribution >= 4 is 0 Å². The molecule has 0 aromatic heterocycles. The van der Waals surface area contributed by atoms with E-state index in [1.165, 1.54) is 25.7 Å². The van der Waals surface area contributed by atoms with Crippen LogP contribution < -0.4 is 0 Å². The largest absolute Gasteiger partial charge is 0.0683 e. The van der Waals surface area contributed by atoms with Gasteiger partial charge >= 0.3 is 0 Å². The van der Waals surface area contributed by atoms with Crippen molar-refractivity contribution in [3.63, 3.8) is 0 Å². The molecule has 0 unspecified atom stereocenters. The van der Waals surface area contributed by atoms with E-state index in [2.05, 4.69) is 34.6 Å². The normalized spacial score (nSPS) is 8.00. The summed E-state index contributed by atoms with van der Waals surface area (Å²) in [7, 11) is 0. The van der Waals surface area contributed by atoms with Crippen LogP contribution in [0, 0.1) is 5.92 Å². The molecular formula is C12H30. The number of hydrogen-bond acceptors (Lipinski definition) is 0. The molecule has 0 fully saturated rings. The van der Waals surface area contributed by atoms with E-state index in [4.69, 9.17) is 0 Å². The van der Waals surface area contributed by atoms with E-state index in [9.17, 15) is 0 Å². The van der Waals surface area contributed by atoms with Crippen molar-refractivity contribution in [1.82, 2.24) is 0 Å². The first-order chi connectivity index (χ1) is 5.76. The van der Waals surface area contributed by atoms with Crippen molar-refractivity contribution in [2.45, 2.75) is 74.1 Å². The Balaban J connectivity index is -0.000000137. The molecule has 0 nitrogen and oxygen atoms in total. The molecule has 0 aliphatic rings. The molecule has 78 valence electrons. The van der Waals surface area contributed by atoms with Gasteiger partial charge in [-0.3, -0.25) is 0 Å². The van der Waals surface area contributed by atoms with E-state index in [1.807, 2.05) is 13.8 Å². The fraction of sp³-hybridized carbons (Fsp3) is 1.00. The molecule has 0 rings (SSSR count). The summed E-state index contributed by atoms with van der Waals surface area (Å²) in [5.41, 5.74) is 0. The average molecular weight is 174 g/mol. The van der Waals surface area contributed by atoms with Gasteiger partial charge in [0.1, 0.15) is 0 Å². The van der Waals surface area contributed by atoms with Crippen molar-refractivity contribution in [2.24, 2.45) is 5.92 Å². The van der Waals surface area contributed by atoms with Crippen LogP contribution in [0.2, 0.25) is 0 Å². The fourth-order valence-corrected chi connectivity index (χ4v) is 0.866. The predicted octanol–water partition coefficient (Wildman–Crippen LogP) is 5.28. The molecule has 0 saturated carbocycles. The maximum Gasteiger partial charge on any atom is -0.0422 e. The molecule has 0 bridgehead atoms. The highest BCUT2D eigenvalue weighted by Gasteiger charge is 1.95. The van der Waals surface area contributed by atoms with E-state index < -0.39 is 0 Å². The van der Waals surface area contributed by atoms with E-state index in [0.717, 1.165) is 5.92 Å². The molecule has 0 atom stereocenters. The van der Waals surface area contributed by atoms with Crippen molar-refractivity contribution in [3.05, 3.63) is 0 Å². The Kier molecular flexibility index (Phi) is 33.5. The molecule has 0 aromatic rings. The zero-order valence-electron chi connectivity index (χ0n) is 10.4. The Morgan fingerprint density at radius 1 is 0.667 bits per heavy atom. The first kappa shape index (κ1) is 17.9. The molecule has 0 radical (unpaired) electrons. The standard InChI is InChI=1S/C7H16.C3H8.C2H6/c1-4-7(5-2)6-3;1-3-2;1-2/h7H,4-6H2,1-3H3;3H2,1-2H3;1-2H3. The fourth-order valence-electron chi connectivity index (χ4n) is 0.866. The van der Waals surface area contributed by atoms with Crippen LogP contribution in [0.1, 0.15) is 74.1 Å². The average Bonchev–Trinajstić information content (AvgIpc) is 2.12. The second kappa shape index (κ2) is 22.4. The smallest absolute Gasteiger partial charge is 0.0422 e. The van der Waals surface area contributed by atoms with Gasteiger partial charge in [-0.15, -0.1) is 0 Å². The minimum atomic E-state index is 0.986. The van der Waals surface area contributed by atoms with Gasteiger partial charge < -0.3 is 0 Å². The predicted molar refractivity (Wildman–Crippen MR) is 61.7 cm³/mol. The lowest BCUT2D eigenvalue weighted by atomic mass is 10.0. The second-order valence-corrected chi connectivity index (χ2v) is 2.80. The van der Waals surface area contributed by atoms with Crippen LogP contribution in [0.15, 0.2) is 0 Å². The Hall–Kier alpha value is 0. The van der Waals surface area contributed by atoms with Gasteiger partial charge in [0.25, 0.3) is 0 Å². The van der Waals surface area contributed by atoms with Gasteiger partial charge in [-0.2, -0.15) is 0 Å². The molecule has 0 N–H and O–H groups in total. The van der Waals surface area contributed by atoms with Gasteiger partial charge in [0, 0.05) is 0 Å². The number of rotatable bonds is 3. The molecule has 12 heavy (non-hydrogen) atoms. The second-order valence-electron chi connectivity index (χ2n) is 2.80. The highest BCUT2D eigenvalue weighted by molar-refractivity contribution is 4.48. The summed E-state index contributed by atoms with van der Waals surface area (Å²) in [5, 5.41) is 0. The van der Waals surface area contributed by atoms with Crippen LogP contribution >= 0.6 is 0 Å². The van der Waals surface area contributed by atoms with Crippen LogP contribution in [0.3, 0.4) is 0 Å². The monoisotopic (exact) mass is 174 g/mol. The highest BCUT2D eigenvalue weighted by Crippen LogP contribution is 2.09. The first-order valence-electron chi connectivity index (χ1n) is 5.76. The molecular weight excluding hydrogens is 144 g/mol. The molecule has 0 amide bonds. The van der Waals surface area contributed by atoms with E-state index in [1.54, 1.807) is 0 Å². The van der Waals surface area contributed by atoms with Crippen LogP contribution in [-0.2, 0) is 0 Å². The zero-order chi connectivity index (χ0) is 10.4. The topological polar surface area (TPSA) is 0 Å². The quantitative estimate of drug-likeness (QED) is 0.546. The Bertz CT molecular complexity index is 29.8. The van der Waals surface area contributed by atoms with E-state index >= 15 is 0 Å². The van der Waals surface area contributed by atoms with Crippen molar-refractivity contribution in [3.8, 4) is 0 Å². The minimum absolute atomic E-state index is 0.986. The van der Waals surface area contributed by atoms with Gasteiger partial charge in [-0.05, 0) is 5.92 Å². The Labute approximate surface area is 80.8 Å². The molecule has 0 saturated heterocycles. The maximum atomic E-state index is 2.26. The van der Waals surface area contributed by atoms with Gasteiger partial charge in [-0.1, -0.05) is 74.1 Å². The summed E-state index contributed by atoms with van der Waals surface area (Å²) in [4.78, 5) is 0. The first-order valence-corrected chi connectivity index (χ1v) is 5.76. The van der Waals surface area contributed by atoms with Crippen molar-refractivity contribution < 1.29 is 0 Å². The molecule has 0 aliphatic carbocycles. The van der Waals surface area contributed by atoms with Crippen molar-refractivity contribution in [1.29, 1.82) is 0 Å². The third kappa shape index (κ3) is 22.5. The summed E-state index contributed by atoms with van der Waals surface area (Å²) >= 11 is 0. The van der Waals surface area contributed by atoms with Crippen molar-refractivity contribution in [2.75, 3.05) is 0 Å². The lowest BCUT2D eigenvalue weighted by Gasteiger charge is -2.05. The highest BCUT2D eigenvalue weighted by atomic mass is 14.0. The number of hydrogen-bond donors (Lipinski definition) is 0. The SMILES string of the molecule is CC.CCC.CCC(CC)CC. The minimum Gasteiger partial charge on any atom is -0.0683 e. The summed E-state index contributed by atoms with van der Waals surface area (Å²) in [6.45, 7) is 15.0. The molecule has 0 aliphatic heterocycles.